The minimum Gasteiger partial charge on any atom is -0.397 e. The number of carbonyl (C=O) groups excluding carboxylic acids is 1. The number of anilines is 2. The first kappa shape index (κ1) is 18.0. The number of halogens is 2. The SMILES string of the molecule is CNC(=O)c1sc2nc(NC)nc(-c3cccc(C(C)(F)F)c3)c2c1N. The Balaban J connectivity index is 2.31. The molecule has 3 aromatic rings. The van der Waals surface area contributed by atoms with E-state index in [4.69, 9.17) is 5.73 Å². The molecule has 0 spiro atoms. The number of nitrogens with zero attached hydrogens (tertiary/aromatic N) is 2. The Morgan fingerprint density at radius 3 is 2.62 bits per heavy atom. The second kappa shape index (κ2) is 6.49. The molecule has 0 fully saturated rings. The number of amides is 1. The largest absolute Gasteiger partial charge is 0.397 e. The Morgan fingerprint density at radius 1 is 1.27 bits per heavy atom. The Kier molecular flexibility index (Phi) is 4.49. The van der Waals surface area contributed by atoms with Crippen LogP contribution in [-0.4, -0.2) is 30.0 Å². The van der Waals surface area contributed by atoms with E-state index in [9.17, 15) is 13.6 Å². The van der Waals surface area contributed by atoms with Gasteiger partial charge in [-0.25, -0.2) is 18.7 Å². The summed E-state index contributed by atoms with van der Waals surface area (Å²) in [5, 5.41) is 5.85. The number of alkyl halides is 2. The molecule has 9 heteroatoms. The number of fused-ring (bicyclic) bond motifs is 1. The summed E-state index contributed by atoms with van der Waals surface area (Å²) in [5.41, 5.74) is 7.14. The summed E-state index contributed by atoms with van der Waals surface area (Å²) < 4.78 is 27.4. The van der Waals surface area contributed by atoms with E-state index in [1.54, 1.807) is 13.1 Å². The van der Waals surface area contributed by atoms with Crippen molar-refractivity contribution in [3.05, 3.63) is 34.7 Å². The van der Waals surface area contributed by atoms with Gasteiger partial charge in [0.05, 0.1) is 16.8 Å². The summed E-state index contributed by atoms with van der Waals surface area (Å²) in [6, 6.07) is 5.94. The van der Waals surface area contributed by atoms with Crippen molar-refractivity contribution in [2.24, 2.45) is 0 Å². The van der Waals surface area contributed by atoms with Gasteiger partial charge in [-0.15, -0.1) is 11.3 Å². The minimum atomic E-state index is -2.98. The topological polar surface area (TPSA) is 92.9 Å². The number of nitrogens with one attached hydrogen (secondary N) is 2. The maximum Gasteiger partial charge on any atom is 0.270 e. The van der Waals surface area contributed by atoms with E-state index < -0.39 is 5.92 Å². The normalized spacial score (nSPS) is 11.6. The number of nitrogens with two attached hydrogens (primary N) is 1. The highest BCUT2D eigenvalue weighted by Gasteiger charge is 2.26. The number of benzene rings is 1. The van der Waals surface area contributed by atoms with Gasteiger partial charge in [0.1, 0.15) is 9.71 Å². The van der Waals surface area contributed by atoms with Crippen LogP contribution in [0.5, 0.6) is 0 Å². The van der Waals surface area contributed by atoms with Crippen molar-refractivity contribution in [3.8, 4) is 11.3 Å². The van der Waals surface area contributed by atoms with E-state index in [1.807, 2.05) is 0 Å². The number of carbonyl (C=O) groups is 1. The van der Waals surface area contributed by atoms with Crippen LogP contribution in [0.15, 0.2) is 24.3 Å². The van der Waals surface area contributed by atoms with E-state index in [-0.39, 0.29) is 17.2 Å². The Morgan fingerprint density at radius 2 is 2.00 bits per heavy atom. The highest BCUT2D eigenvalue weighted by molar-refractivity contribution is 7.21. The summed E-state index contributed by atoms with van der Waals surface area (Å²) in [6.07, 6.45) is 0. The van der Waals surface area contributed by atoms with Crippen molar-refractivity contribution in [3.63, 3.8) is 0 Å². The van der Waals surface area contributed by atoms with Gasteiger partial charge < -0.3 is 16.4 Å². The van der Waals surface area contributed by atoms with E-state index >= 15 is 0 Å². The monoisotopic (exact) mass is 377 g/mol. The molecule has 0 saturated heterocycles. The van der Waals surface area contributed by atoms with Crippen molar-refractivity contribution < 1.29 is 13.6 Å². The molecule has 1 amide bonds. The molecule has 0 bridgehead atoms. The lowest BCUT2D eigenvalue weighted by Crippen LogP contribution is -2.17. The van der Waals surface area contributed by atoms with Crippen LogP contribution in [0.4, 0.5) is 20.4 Å². The molecular weight excluding hydrogens is 360 g/mol. The first-order valence-corrected chi connectivity index (χ1v) is 8.56. The van der Waals surface area contributed by atoms with Gasteiger partial charge in [-0.3, -0.25) is 4.79 Å². The molecule has 6 nitrogen and oxygen atoms in total. The van der Waals surface area contributed by atoms with Crippen LogP contribution in [0.3, 0.4) is 0 Å². The van der Waals surface area contributed by atoms with E-state index in [0.717, 1.165) is 18.3 Å². The zero-order chi connectivity index (χ0) is 19.1. The fourth-order valence-corrected chi connectivity index (χ4v) is 3.61. The third-order valence-electron chi connectivity index (χ3n) is 3.89. The molecule has 3 rings (SSSR count). The van der Waals surface area contributed by atoms with Crippen LogP contribution < -0.4 is 16.4 Å². The maximum absolute atomic E-state index is 13.7. The molecule has 0 atom stereocenters. The Bertz CT molecular complexity index is 997. The van der Waals surface area contributed by atoms with E-state index in [1.165, 1.54) is 25.2 Å². The lowest BCUT2D eigenvalue weighted by Gasteiger charge is -2.13. The number of hydrogen-bond donors (Lipinski definition) is 3. The maximum atomic E-state index is 13.7. The Labute approximate surface area is 152 Å². The molecule has 2 aromatic heterocycles. The molecule has 0 aliphatic carbocycles. The van der Waals surface area contributed by atoms with Gasteiger partial charge in [0.2, 0.25) is 5.95 Å². The lowest BCUT2D eigenvalue weighted by atomic mass is 10.0. The van der Waals surface area contributed by atoms with Gasteiger partial charge >= 0.3 is 0 Å². The first-order chi connectivity index (χ1) is 12.3. The zero-order valence-electron chi connectivity index (χ0n) is 14.4. The molecule has 0 radical (unpaired) electrons. The third-order valence-corrected chi connectivity index (χ3v) is 4.99. The molecule has 136 valence electrons. The standard InChI is InChI=1S/C17H17F2N5OS/c1-17(18,19)9-6-4-5-8(7-9)12-10-11(20)13(14(25)21-2)26-15(10)24-16(22-3)23-12/h4-7H,20H2,1-3H3,(H,21,25)(H,22,23,24). The predicted octanol–water partition coefficient (Wildman–Crippen LogP) is 3.45. The number of hydrogen-bond acceptors (Lipinski definition) is 6. The zero-order valence-corrected chi connectivity index (χ0v) is 15.2. The fourth-order valence-electron chi connectivity index (χ4n) is 2.56. The fraction of sp³-hybridized carbons (Fsp3) is 0.235. The molecule has 0 aliphatic rings. The van der Waals surface area contributed by atoms with Crippen molar-refractivity contribution in [1.82, 2.24) is 15.3 Å². The first-order valence-electron chi connectivity index (χ1n) is 7.74. The molecule has 0 aliphatic heterocycles. The number of nitrogen functional groups attached to an aromatic ring is 1. The average molecular weight is 377 g/mol. The van der Waals surface area contributed by atoms with Crippen LogP contribution in [0.25, 0.3) is 21.5 Å². The molecule has 4 N–H and O–H groups in total. The molecule has 1 aromatic carbocycles. The predicted molar refractivity (Wildman–Crippen MR) is 99.8 cm³/mol. The van der Waals surface area contributed by atoms with Crippen molar-refractivity contribution >= 4 is 39.1 Å². The lowest BCUT2D eigenvalue weighted by molar-refractivity contribution is 0.0175. The minimum absolute atomic E-state index is 0.131. The highest BCUT2D eigenvalue weighted by atomic mass is 32.1. The summed E-state index contributed by atoms with van der Waals surface area (Å²) in [4.78, 5) is 21.6. The summed E-state index contributed by atoms with van der Waals surface area (Å²) in [5.74, 6) is -3.01. The Hall–Kier alpha value is -2.81. The van der Waals surface area contributed by atoms with Crippen molar-refractivity contribution in [1.29, 1.82) is 0 Å². The number of thiophene rings is 1. The van der Waals surface area contributed by atoms with Gasteiger partial charge in [-0.05, 0) is 6.07 Å². The van der Waals surface area contributed by atoms with Crippen LogP contribution >= 0.6 is 11.3 Å². The second-order valence-electron chi connectivity index (χ2n) is 5.72. The van der Waals surface area contributed by atoms with Gasteiger partial charge in [0.15, 0.2) is 0 Å². The second-order valence-corrected chi connectivity index (χ2v) is 6.72. The van der Waals surface area contributed by atoms with Crippen LogP contribution in [0.1, 0.15) is 22.2 Å². The van der Waals surface area contributed by atoms with Gasteiger partial charge in [0.25, 0.3) is 11.8 Å². The van der Waals surface area contributed by atoms with Crippen molar-refractivity contribution in [2.75, 3.05) is 25.1 Å². The number of aromatic nitrogens is 2. The van der Waals surface area contributed by atoms with Crippen LogP contribution in [0, 0.1) is 0 Å². The average Bonchev–Trinajstić information content (AvgIpc) is 2.96. The van der Waals surface area contributed by atoms with Gasteiger partial charge in [-0.2, -0.15) is 0 Å². The van der Waals surface area contributed by atoms with E-state index in [2.05, 4.69) is 20.6 Å². The molecule has 0 saturated carbocycles. The number of rotatable bonds is 4. The van der Waals surface area contributed by atoms with Crippen molar-refractivity contribution in [2.45, 2.75) is 12.8 Å². The van der Waals surface area contributed by atoms with Crippen LogP contribution in [-0.2, 0) is 5.92 Å². The van der Waals surface area contributed by atoms with E-state index in [0.29, 0.717) is 32.3 Å². The molecule has 2 heterocycles. The summed E-state index contributed by atoms with van der Waals surface area (Å²) >= 11 is 1.13. The van der Waals surface area contributed by atoms with Gasteiger partial charge in [-0.1, -0.05) is 18.2 Å². The third kappa shape index (κ3) is 3.05. The molecule has 0 unspecified atom stereocenters. The van der Waals surface area contributed by atoms with Crippen LogP contribution in [0.2, 0.25) is 0 Å². The highest BCUT2D eigenvalue weighted by Crippen LogP contribution is 2.40. The van der Waals surface area contributed by atoms with Gasteiger partial charge in [0, 0.05) is 32.1 Å². The molecule has 26 heavy (non-hydrogen) atoms. The summed E-state index contributed by atoms with van der Waals surface area (Å²) in [6.45, 7) is 0.837. The quantitative estimate of drug-likeness (QED) is 0.648. The smallest absolute Gasteiger partial charge is 0.270 e. The summed E-state index contributed by atoms with van der Waals surface area (Å²) in [7, 11) is 3.16. The molecular formula is C17H17F2N5OS.